The van der Waals surface area contributed by atoms with Gasteiger partial charge in [0.25, 0.3) is 5.91 Å². The molecule has 0 saturated heterocycles. The molecule has 1 heterocycles. The summed E-state index contributed by atoms with van der Waals surface area (Å²) in [5.74, 6) is 1.36. The van der Waals surface area contributed by atoms with Crippen molar-refractivity contribution in [3.05, 3.63) is 83.0 Å². The van der Waals surface area contributed by atoms with E-state index in [1.54, 1.807) is 49.7 Å². The van der Waals surface area contributed by atoms with Crippen LogP contribution in [0.2, 0.25) is 5.02 Å². The van der Waals surface area contributed by atoms with E-state index in [9.17, 15) is 4.79 Å². The molecule has 3 aromatic rings. The van der Waals surface area contributed by atoms with Gasteiger partial charge in [0, 0.05) is 23.5 Å². The topological polar surface area (TPSA) is 63.2 Å². The lowest BCUT2D eigenvalue weighted by molar-refractivity contribution is 0.102. The molecule has 2 N–H and O–H groups in total. The van der Waals surface area contributed by atoms with E-state index in [1.807, 2.05) is 24.3 Å². The highest BCUT2D eigenvalue weighted by Crippen LogP contribution is 2.18. The quantitative estimate of drug-likeness (QED) is 0.625. The van der Waals surface area contributed by atoms with Crippen LogP contribution < -0.4 is 15.4 Å². The standard InChI is InChI=1S/C21H20ClN3O2/c1-27-19-8-3-2-5-15(19)11-12-23-20-10-9-16(14-24-20)21(26)25-18-7-4-6-17(22)13-18/h2-10,13-14H,11-12H2,1H3,(H,23,24)(H,25,26). The van der Waals surface area contributed by atoms with Crippen LogP contribution in [-0.4, -0.2) is 24.5 Å². The Kier molecular flexibility index (Phi) is 6.28. The first-order valence-electron chi connectivity index (χ1n) is 8.54. The number of aromatic nitrogens is 1. The van der Waals surface area contributed by atoms with Gasteiger partial charge in [-0.3, -0.25) is 4.79 Å². The maximum atomic E-state index is 12.3. The molecule has 0 aliphatic heterocycles. The number of amides is 1. The van der Waals surface area contributed by atoms with Crippen molar-refractivity contribution in [1.82, 2.24) is 4.98 Å². The molecule has 2 aromatic carbocycles. The zero-order valence-corrected chi connectivity index (χ0v) is 15.7. The third-order valence-electron chi connectivity index (χ3n) is 4.00. The number of pyridine rings is 1. The molecule has 0 bridgehead atoms. The molecule has 0 spiro atoms. The highest BCUT2D eigenvalue weighted by molar-refractivity contribution is 6.30. The molecule has 1 aromatic heterocycles. The normalized spacial score (nSPS) is 10.3. The molecule has 3 rings (SSSR count). The van der Waals surface area contributed by atoms with Crippen molar-refractivity contribution in [3.8, 4) is 5.75 Å². The van der Waals surface area contributed by atoms with Gasteiger partial charge in [-0.25, -0.2) is 4.98 Å². The lowest BCUT2D eigenvalue weighted by Crippen LogP contribution is -2.13. The van der Waals surface area contributed by atoms with Gasteiger partial charge in [0.05, 0.1) is 12.7 Å². The summed E-state index contributed by atoms with van der Waals surface area (Å²) in [5, 5.41) is 6.62. The Labute approximate surface area is 163 Å². The number of rotatable bonds is 7. The van der Waals surface area contributed by atoms with E-state index in [0.29, 0.717) is 28.6 Å². The molecule has 138 valence electrons. The van der Waals surface area contributed by atoms with E-state index in [4.69, 9.17) is 16.3 Å². The van der Waals surface area contributed by atoms with Crippen molar-refractivity contribution in [1.29, 1.82) is 0 Å². The van der Waals surface area contributed by atoms with E-state index in [0.717, 1.165) is 17.7 Å². The number of nitrogens with zero attached hydrogens (tertiary/aromatic N) is 1. The highest BCUT2D eigenvalue weighted by Gasteiger charge is 2.07. The second-order valence-corrected chi connectivity index (χ2v) is 6.32. The van der Waals surface area contributed by atoms with Crippen LogP contribution in [0.3, 0.4) is 0 Å². The maximum absolute atomic E-state index is 12.3. The minimum Gasteiger partial charge on any atom is -0.496 e. The van der Waals surface area contributed by atoms with Gasteiger partial charge in [-0.2, -0.15) is 0 Å². The molecular weight excluding hydrogens is 362 g/mol. The lowest BCUT2D eigenvalue weighted by atomic mass is 10.1. The van der Waals surface area contributed by atoms with Crippen LogP contribution in [0.1, 0.15) is 15.9 Å². The van der Waals surface area contributed by atoms with Crippen molar-refractivity contribution >= 4 is 29.0 Å². The third kappa shape index (κ3) is 5.21. The summed E-state index contributed by atoms with van der Waals surface area (Å²) in [4.78, 5) is 16.6. The Morgan fingerprint density at radius 1 is 1.11 bits per heavy atom. The minimum atomic E-state index is -0.231. The average Bonchev–Trinajstić information content (AvgIpc) is 2.69. The van der Waals surface area contributed by atoms with Crippen LogP contribution in [-0.2, 0) is 6.42 Å². The first-order valence-corrected chi connectivity index (χ1v) is 8.92. The molecular formula is C21H20ClN3O2. The van der Waals surface area contributed by atoms with Crippen LogP contribution in [0.5, 0.6) is 5.75 Å². The van der Waals surface area contributed by atoms with Crippen LogP contribution in [0.25, 0.3) is 0 Å². The number of ether oxygens (including phenoxy) is 1. The van der Waals surface area contributed by atoms with Crippen LogP contribution in [0.15, 0.2) is 66.9 Å². The molecule has 0 saturated carbocycles. The molecule has 5 nitrogen and oxygen atoms in total. The predicted octanol–water partition coefficient (Wildman–Crippen LogP) is 4.65. The first kappa shape index (κ1) is 18.7. The average molecular weight is 382 g/mol. The summed E-state index contributed by atoms with van der Waals surface area (Å²) < 4.78 is 5.35. The third-order valence-corrected chi connectivity index (χ3v) is 4.24. The smallest absolute Gasteiger partial charge is 0.257 e. The lowest BCUT2D eigenvalue weighted by Gasteiger charge is -2.10. The molecule has 6 heteroatoms. The Hall–Kier alpha value is -3.05. The second kappa shape index (κ2) is 9.05. The summed E-state index contributed by atoms with van der Waals surface area (Å²) in [6, 6.07) is 18.5. The largest absolute Gasteiger partial charge is 0.496 e. The Morgan fingerprint density at radius 3 is 2.70 bits per heavy atom. The summed E-state index contributed by atoms with van der Waals surface area (Å²) in [7, 11) is 1.67. The summed E-state index contributed by atoms with van der Waals surface area (Å²) >= 11 is 5.93. The molecule has 0 radical (unpaired) electrons. The van der Waals surface area contributed by atoms with Gasteiger partial charge in [-0.05, 0) is 48.4 Å². The van der Waals surface area contributed by atoms with E-state index in [-0.39, 0.29) is 5.91 Å². The van der Waals surface area contributed by atoms with Gasteiger partial charge < -0.3 is 15.4 Å². The Bertz CT molecular complexity index is 913. The summed E-state index contributed by atoms with van der Waals surface area (Å²) in [6.07, 6.45) is 2.36. The van der Waals surface area contributed by atoms with E-state index in [1.165, 1.54) is 0 Å². The number of carbonyl (C=O) groups excluding carboxylic acids is 1. The summed E-state index contributed by atoms with van der Waals surface area (Å²) in [5.41, 5.74) is 2.25. The van der Waals surface area contributed by atoms with Crippen molar-refractivity contribution in [2.24, 2.45) is 0 Å². The Morgan fingerprint density at radius 2 is 1.96 bits per heavy atom. The number of halogens is 1. The van der Waals surface area contributed by atoms with E-state index >= 15 is 0 Å². The molecule has 1 amide bonds. The summed E-state index contributed by atoms with van der Waals surface area (Å²) in [6.45, 7) is 0.710. The van der Waals surface area contributed by atoms with Crippen molar-refractivity contribution < 1.29 is 9.53 Å². The SMILES string of the molecule is COc1ccccc1CCNc1ccc(C(=O)Nc2cccc(Cl)c2)cn1. The minimum absolute atomic E-state index is 0.231. The molecule has 0 unspecified atom stereocenters. The number of methoxy groups -OCH3 is 1. The number of anilines is 2. The number of benzene rings is 2. The van der Waals surface area contributed by atoms with Gasteiger partial charge in [0.1, 0.15) is 11.6 Å². The molecule has 0 atom stereocenters. The monoisotopic (exact) mass is 381 g/mol. The fourth-order valence-corrected chi connectivity index (χ4v) is 2.83. The van der Waals surface area contributed by atoms with Gasteiger partial charge in [-0.1, -0.05) is 35.9 Å². The van der Waals surface area contributed by atoms with Gasteiger partial charge in [0.2, 0.25) is 0 Å². The Balaban J connectivity index is 1.54. The van der Waals surface area contributed by atoms with Crippen molar-refractivity contribution in [2.75, 3.05) is 24.3 Å². The van der Waals surface area contributed by atoms with E-state index in [2.05, 4.69) is 15.6 Å². The maximum Gasteiger partial charge on any atom is 0.257 e. The first-order chi connectivity index (χ1) is 13.2. The van der Waals surface area contributed by atoms with Crippen LogP contribution in [0.4, 0.5) is 11.5 Å². The molecule has 0 aliphatic carbocycles. The zero-order valence-electron chi connectivity index (χ0n) is 14.9. The van der Waals surface area contributed by atoms with E-state index < -0.39 is 0 Å². The van der Waals surface area contributed by atoms with Crippen molar-refractivity contribution in [3.63, 3.8) is 0 Å². The second-order valence-electron chi connectivity index (χ2n) is 5.89. The molecule has 0 aliphatic rings. The number of hydrogen-bond acceptors (Lipinski definition) is 4. The predicted molar refractivity (Wildman–Crippen MR) is 109 cm³/mol. The molecule has 27 heavy (non-hydrogen) atoms. The molecule has 0 fully saturated rings. The number of carbonyl (C=O) groups is 1. The fraction of sp³-hybridized carbons (Fsp3) is 0.143. The van der Waals surface area contributed by atoms with Gasteiger partial charge >= 0.3 is 0 Å². The van der Waals surface area contributed by atoms with Crippen molar-refractivity contribution in [2.45, 2.75) is 6.42 Å². The highest BCUT2D eigenvalue weighted by atomic mass is 35.5. The number of nitrogens with one attached hydrogen (secondary N) is 2. The number of para-hydroxylation sites is 1. The van der Waals surface area contributed by atoms with Gasteiger partial charge in [0.15, 0.2) is 0 Å². The van der Waals surface area contributed by atoms with Crippen LogP contribution in [0, 0.1) is 0 Å². The van der Waals surface area contributed by atoms with Gasteiger partial charge in [-0.15, -0.1) is 0 Å². The zero-order chi connectivity index (χ0) is 19.1. The van der Waals surface area contributed by atoms with Crippen LogP contribution >= 0.6 is 11.6 Å². The fourth-order valence-electron chi connectivity index (χ4n) is 2.64. The number of hydrogen-bond donors (Lipinski definition) is 2.